The number of nitriles is 1. The molecule has 0 saturated heterocycles. The summed E-state index contributed by atoms with van der Waals surface area (Å²) >= 11 is 2.14. The predicted molar refractivity (Wildman–Crippen MR) is 84.4 cm³/mol. The highest BCUT2D eigenvalue weighted by molar-refractivity contribution is 14.1. The van der Waals surface area contributed by atoms with Crippen molar-refractivity contribution < 1.29 is 14.3 Å². The summed E-state index contributed by atoms with van der Waals surface area (Å²) in [5.41, 5.74) is 1.15. The third kappa shape index (κ3) is 2.72. The Hall–Kier alpha value is -2.07. The number of benzene rings is 2. The van der Waals surface area contributed by atoms with Gasteiger partial charge in [-0.15, -0.1) is 0 Å². The molecule has 1 heterocycles. The van der Waals surface area contributed by atoms with E-state index in [1.165, 1.54) is 0 Å². The van der Waals surface area contributed by atoms with E-state index in [2.05, 4.69) is 28.7 Å². The molecule has 1 unspecified atom stereocenters. The molecule has 0 N–H and O–H groups in total. The van der Waals surface area contributed by atoms with Crippen molar-refractivity contribution in [3.05, 3.63) is 57.2 Å². The van der Waals surface area contributed by atoms with Crippen molar-refractivity contribution in [2.24, 2.45) is 0 Å². The van der Waals surface area contributed by atoms with Crippen LogP contribution < -0.4 is 9.47 Å². The molecule has 0 amide bonds. The van der Waals surface area contributed by atoms with Crippen LogP contribution in [-0.2, 0) is 0 Å². The standard InChI is InChI=1S/C16H10INO3/c17-12-3-1-2-11(6-12)16(19)13(8-18)10-4-5-14-15(7-10)21-9-20-14/h1-7,13H,9H2. The second kappa shape index (κ2) is 5.74. The fourth-order valence-corrected chi connectivity index (χ4v) is 2.73. The molecule has 0 radical (unpaired) electrons. The van der Waals surface area contributed by atoms with Gasteiger partial charge in [-0.1, -0.05) is 18.2 Å². The van der Waals surface area contributed by atoms with Crippen LogP contribution in [0.1, 0.15) is 21.8 Å². The summed E-state index contributed by atoms with van der Waals surface area (Å²) in [6.45, 7) is 0.167. The van der Waals surface area contributed by atoms with Gasteiger partial charge in [0.2, 0.25) is 6.79 Å². The molecule has 0 aromatic heterocycles. The maximum Gasteiger partial charge on any atom is 0.231 e. The molecular weight excluding hydrogens is 381 g/mol. The second-order valence-electron chi connectivity index (χ2n) is 4.55. The lowest BCUT2D eigenvalue weighted by molar-refractivity contribution is 0.0979. The van der Waals surface area contributed by atoms with E-state index in [0.717, 1.165) is 3.57 Å². The summed E-state index contributed by atoms with van der Waals surface area (Å²) in [6, 6.07) is 14.4. The van der Waals surface area contributed by atoms with Gasteiger partial charge in [0.25, 0.3) is 0 Å². The van der Waals surface area contributed by atoms with Crippen molar-refractivity contribution >= 4 is 28.4 Å². The number of rotatable bonds is 3. The van der Waals surface area contributed by atoms with E-state index >= 15 is 0 Å². The largest absolute Gasteiger partial charge is 0.454 e. The zero-order chi connectivity index (χ0) is 14.8. The van der Waals surface area contributed by atoms with Crippen LogP contribution in [-0.4, -0.2) is 12.6 Å². The highest BCUT2D eigenvalue weighted by Crippen LogP contribution is 2.35. The number of hydrogen-bond donors (Lipinski definition) is 0. The first-order chi connectivity index (χ1) is 10.2. The van der Waals surface area contributed by atoms with Gasteiger partial charge in [0.05, 0.1) is 6.07 Å². The molecule has 1 aliphatic heterocycles. The van der Waals surface area contributed by atoms with Gasteiger partial charge in [-0.25, -0.2) is 0 Å². The summed E-state index contributed by atoms with van der Waals surface area (Å²) in [7, 11) is 0. The Morgan fingerprint density at radius 2 is 2.00 bits per heavy atom. The summed E-state index contributed by atoms with van der Waals surface area (Å²) in [5, 5.41) is 9.38. The minimum Gasteiger partial charge on any atom is -0.454 e. The quantitative estimate of drug-likeness (QED) is 0.594. The molecule has 104 valence electrons. The zero-order valence-electron chi connectivity index (χ0n) is 10.9. The molecule has 1 aliphatic rings. The van der Waals surface area contributed by atoms with Crippen molar-refractivity contribution in [1.82, 2.24) is 0 Å². The van der Waals surface area contributed by atoms with Gasteiger partial charge in [0.1, 0.15) is 5.92 Å². The second-order valence-corrected chi connectivity index (χ2v) is 5.80. The van der Waals surface area contributed by atoms with Gasteiger partial charge in [0, 0.05) is 9.13 Å². The Labute approximate surface area is 135 Å². The molecule has 1 atom stereocenters. The lowest BCUT2D eigenvalue weighted by Crippen LogP contribution is -2.11. The van der Waals surface area contributed by atoms with Crippen LogP contribution in [0.5, 0.6) is 11.5 Å². The highest BCUT2D eigenvalue weighted by Gasteiger charge is 2.24. The van der Waals surface area contributed by atoms with Crippen molar-refractivity contribution in [2.45, 2.75) is 5.92 Å². The van der Waals surface area contributed by atoms with Crippen molar-refractivity contribution in [3.63, 3.8) is 0 Å². The molecular formula is C16H10INO3. The number of fused-ring (bicyclic) bond motifs is 1. The van der Waals surface area contributed by atoms with Gasteiger partial charge < -0.3 is 9.47 Å². The van der Waals surface area contributed by atoms with Gasteiger partial charge in [-0.2, -0.15) is 5.26 Å². The van der Waals surface area contributed by atoms with Crippen LogP contribution in [0, 0.1) is 14.9 Å². The topological polar surface area (TPSA) is 59.3 Å². The Morgan fingerprint density at radius 1 is 1.19 bits per heavy atom. The zero-order valence-corrected chi connectivity index (χ0v) is 13.0. The van der Waals surface area contributed by atoms with Crippen LogP contribution >= 0.6 is 22.6 Å². The molecule has 0 fully saturated rings. The minimum atomic E-state index is -0.849. The fourth-order valence-electron chi connectivity index (χ4n) is 2.19. The average Bonchev–Trinajstić information content (AvgIpc) is 2.95. The van der Waals surface area contributed by atoms with Gasteiger partial charge in [-0.05, 0) is 52.4 Å². The molecule has 21 heavy (non-hydrogen) atoms. The minimum absolute atomic E-state index is 0.167. The number of hydrogen-bond acceptors (Lipinski definition) is 4. The van der Waals surface area contributed by atoms with E-state index in [-0.39, 0.29) is 12.6 Å². The first-order valence-electron chi connectivity index (χ1n) is 6.28. The summed E-state index contributed by atoms with van der Waals surface area (Å²) in [4.78, 5) is 12.5. The first kappa shape index (κ1) is 13.9. The molecule has 4 nitrogen and oxygen atoms in total. The number of ketones is 1. The van der Waals surface area contributed by atoms with Crippen molar-refractivity contribution in [3.8, 4) is 17.6 Å². The monoisotopic (exact) mass is 391 g/mol. The normalized spacial score (nSPS) is 13.5. The van der Waals surface area contributed by atoms with Crippen LogP contribution in [0.3, 0.4) is 0 Å². The number of ether oxygens (including phenoxy) is 2. The number of halogens is 1. The van der Waals surface area contributed by atoms with Gasteiger partial charge in [-0.3, -0.25) is 4.79 Å². The van der Waals surface area contributed by atoms with E-state index in [1.807, 2.05) is 12.1 Å². The smallest absolute Gasteiger partial charge is 0.231 e. The number of carbonyl (C=O) groups is 1. The van der Waals surface area contributed by atoms with Crippen LogP contribution in [0.25, 0.3) is 0 Å². The van der Waals surface area contributed by atoms with Crippen molar-refractivity contribution in [2.75, 3.05) is 6.79 Å². The highest BCUT2D eigenvalue weighted by atomic mass is 127. The van der Waals surface area contributed by atoms with Gasteiger partial charge >= 0.3 is 0 Å². The lowest BCUT2D eigenvalue weighted by Gasteiger charge is -2.09. The van der Waals surface area contributed by atoms with E-state index in [9.17, 15) is 10.1 Å². The number of Topliss-reactive ketones (excluding diaryl/α,β-unsaturated/α-hetero) is 1. The fraction of sp³-hybridized carbons (Fsp3) is 0.125. The molecule has 0 aliphatic carbocycles. The molecule has 0 saturated carbocycles. The van der Waals surface area contributed by atoms with Crippen LogP contribution in [0.2, 0.25) is 0 Å². The Balaban J connectivity index is 1.95. The summed E-state index contributed by atoms with van der Waals surface area (Å²) in [5.74, 6) is 0.146. The molecule has 0 spiro atoms. The Bertz CT molecular complexity index is 751. The molecule has 0 bridgehead atoms. The maximum absolute atomic E-state index is 12.5. The molecule has 3 rings (SSSR count). The van der Waals surface area contributed by atoms with Crippen LogP contribution in [0.4, 0.5) is 0 Å². The van der Waals surface area contributed by atoms with E-state index in [4.69, 9.17) is 9.47 Å². The third-order valence-corrected chi connectivity index (χ3v) is 3.90. The molecule has 2 aromatic rings. The average molecular weight is 391 g/mol. The predicted octanol–water partition coefficient (Wildman–Crippen LogP) is 3.51. The van der Waals surface area contributed by atoms with E-state index in [1.54, 1.807) is 30.3 Å². The van der Waals surface area contributed by atoms with Gasteiger partial charge in [0.15, 0.2) is 17.3 Å². The Morgan fingerprint density at radius 3 is 2.76 bits per heavy atom. The third-order valence-electron chi connectivity index (χ3n) is 3.23. The SMILES string of the molecule is N#CC(C(=O)c1cccc(I)c1)c1ccc2c(c1)OCO2. The van der Waals surface area contributed by atoms with Crippen LogP contribution in [0.15, 0.2) is 42.5 Å². The number of carbonyl (C=O) groups excluding carboxylic acids is 1. The molecule has 2 aromatic carbocycles. The summed E-state index contributed by atoms with van der Waals surface area (Å²) in [6.07, 6.45) is 0. The molecule has 5 heteroatoms. The summed E-state index contributed by atoms with van der Waals surface area (Å²) < 4.78 is 11.5. The van der Waals surface area contributed by atoms with Crippen molar-refractivity contribution in [1.29, 1.82) is 5.26 Å². The lowest BCUT2D eigenvalue weighted by atomic mass is 9.91. The van der Waals surface area contributed by atoms with E-state index in [0.29, 0.717) is 22.6 Å². The Kier molecular flexibility index (Phi) is 3.80. The number of nitrogens with zero attached hydrogens (tertiary/aromatic N) is 1. The van der Waals surface area contributed by atoms with E-state index < -0.39 is 5.92 Å². The first-order valence-corrected chi connectivity index (χ1v) is 7.36. The maximum atomic E-state index is 12.5.